The molecule has 0 bridgehead atoms. The second-order valence-corrected chi connectivity index (χ2v) is 8.42. The van der Waals surface area contributed by atoms with Crippen LogP contribution >= 0.6 is 11.6 Å². The molecule has 2 aromatic carbocycles. The molecule has 2 heterocycles. The van der Waals surface area contributed by atoms with E-state index in [1.54, 1.807) is 12.3 Å². The molecule has 3 aromatic rings. The van der Waals surface area contributed by atoms with Crippen LogP contribution in [0.15, 0.2) is 42.6 Å². The predicted octanol–water partition coefficient (Wildman–Crippen LogP) is 1.47. The molecule has 4 rings (SSSR count). The number of halogens is 1. The molecule has 0 amide bonds. The number of hydrogen-bond acceptors (Lipinski definition) is 7. The summed E-state index contributed by atoms with van der Waals surface area (Å²) in [6.07, 6.45) is -3.66. The lowest BCUT2D eigenvalue weighted by Crippen LogP contribution is -2.69. The second-order valence-electron chi connectivity index (χ2n) is 7.99. The van der Waals surface area contributed by atoms with Gasteiger partial charge in [0.15, 0.2) is 6.10 Å². The average Bonchev–Trinajstić information content (AvgIpc) is 3.18. The zero-order valence-corrected chi connectivity index (χ0v) is 18.2. The molecule has 1 aliphatic rings. The van der Waals surface area contributed by atoms with Gasteiger partial charge in [0.1, 0.15) is 18.0 Å². The molecule has 6 N–H and O–H groups in total. The van der Waals surface area contributed by atoms with Gasteiger partial charge in [-0.05, 0) is 41.7 Å². The van der Waals surface area contributed by atoms with Crippen molar-refractivity contribution in [2.24, 2.45) is 0 Å². The van der Waals surface area contributed by atoms with Crippen molar-refractivity contribution in [2.45, 2.75) is 50.2 Å². The Kier molecular flexibility index (Phi) is 6.46. The number of aliphatic hydroxyl groups excluding tert-OH is 4. The third-order valence-corrected chi connectivity index (χ3v) is 6.07. The van der Waals surface area contributed by atoms with Crippen LogP contribution < -0.4 is 4.74 Å². The third-order valence-electron chi connectivity index (χ3n) is 5.85. The largest absolute Gasteiger partial charge is 0.453 e. The summed E-state index contributed by atoms with van der Waals surface area (Å²) < 4.78 is 10.7. The van der Waals surface area contributed by atoms with Crippen LogP contribution in [0.1, 0.15) is 23.6 Å². The highest BCUT2D eigenvalue weighted by molar-refractivity contribution is 6.31. The van der Waals surface area contributed by atoms with Crippen LogP contribution in [-0.4, -0.2) is 67.5 Å². The van der Waals surface area contributed by atoms with Gasteiger partial charge in [-0.25, -0.2) is 0 Å². The first kappa shape index (κ1) is 23.0. The minimum absolute atomic E-state index is 0.0905. The molecule has 0 spiro atoms. The minimum atomic E-state index is -2.69. The number of nitrogens with one attached hydrogen (secondary N) is 1. The van der Waals surface area contributed by atoms with E-state index in [1.807, 2.05) is 12.1 Å². The molecule has 1 fully saturated rings. The predicted molar refractivity (Wildman–Crippen MR) is 117 cm³/mol. The van der Waals surface area contributed by atoms with E-state index in [1.165, 1.54) is 11.6 Å². The second kappa shape index (κ2) is 8.99. The zero-order chi connectivity index (χ0) is 23.0. The van der Waals surface area contributed by atoms with Crippen molar-refractivity contribution >= 4 is 22.5 Å². The SMILES string of the molecule is CCc1ccc(Cc2c[nH]c3cc(Cl)cc(O[C@]4(O)[C@H](O)O[C@H](CO)[C@@H](O)[C@@H]4O)c23)cc1. The van der Waals surface area contributed by atoms with Gasteiger partial charge in [0.25, 0.3) is 5.79 Å². The summed E-state index contributed by atoms with van der Waals surface area (Å²) in [7, 11) is 0. The van der Waals surface area contributed by atoms with E-state index in [-0.39, 0.29) is 5.75 Å². The third kappa shape index (κ3) is 4.11. The van der Waals surface area contributed by atoms with E-state index in [0.717, 1.165) is 17.5 Å². The number of hydrogen-bond donors (Lipinski definition) is 6. The maximum absolute atomic E-state index is 10.9. The Labute approximate surface area is 189 Å². The van der Waals surface area contributed by atoms with Gasteiger partial charge in [0, 0.05) is 16.6 Å². The first-order valence-corrected chi connectivity index (χ1v) is 10.7. The monoisotopic (exact) mass is 463 g/mol. The van der Waals surface area contributed by atoms with E-state index >= 15 is 0 Å². The average molecular weight is 464 g/mol. The number of aryl methyl sites for hydroxylation is 1. The van der Waals surface area contributed by atoms with Crippen LogP contribution in [0, 0.1) is 0 Å². The Morgan fingerprint density at radius 3 is 2.47 bits per heavy atom. The number of fused-ring (bicyclic) bond motifs is 1. The Morgan fingerprint density at radius 2 is 1.81 bits per heavy atom. The van der Waals surface area contributed by atoms with Crippen molar-refractivity contribution in [2.75, 3.05) is 6.61 Å². The standard InChI is InChI=1S/C23H26ClNO7/c1-2-12-3-5-13(6-4-12)7-14-10-25-16-8-15(24)9-17(19(14)16)32-23(30)21(28)20(27)18(11-26)31-22(23)29/h3-6,8-10,18,20-22,25-30H,2,7,11H2,1H3/t18-,20-,21+,22-,23+/m1/s1. The number of aliphatic hydroxyl groups is 5. The molecular formula is C23H26ClNO7. The van der Waals surface area contributed by atoms with Gasteiger partial charge in [-0.1, -0.05) is 42.8 Å². The molecule has 0 unspecified atom stereocenters. The van der Waals surface area contributed by atoms with Gasteiger partial charge in [0.2, 0.25) is 6.29 Å². The van der Waals surface area contributed by atoms with E-state index < -0.39 is 37.0 Å². The van der Waals surface area contributed by atoms with Gasteiger partial charge < -0.3 is 40.0 Å². The lowest BCUT2D eigenvalue weighted by molar-refractivity contribution is -0.385. The van der Waals surface area contributed by atoms with Crippen LogP contribution in [-0.2, 0) is 17.6 Å². The number of aromatic nitrogens is 1. The number of rotatable bonds is 6. The van der Waals surface area contributed by atoms with E-state index in [9.17, 15) is 25.5 Å². The molecule has 1 saturated heterocycles. The number of ether oxygens (including phenoxy) is 2. The summed E-state index contributed by atoms with van der Waals surface area (Å²) in [5.74, 6) is -2.60. The highest BCUT2D eigenvalue weighted by Gasteiger charge is 2.57. The molecule has 172 valence electrons. The molecule has 8 nitrogen and oxygen atoms in total. The molecule has 0 aliphatic carbocycles. The molecule has 9 heteroatoms. The van der Waals surface area contributed by atoms with Crippen LogP contribution in [0.4, 0.5) is 0 Å². The maximum Gasteiger partial charge on any atom is 0.288 e. The number of benzene rings is 2. The fourth-order valence-corrected chi connectivity index (χ4v) is 4.18. The van der Waals surface area contributed by atoms with Crippen molar-refractivity contribution < 1.29 is 35.0 Å². The Morgan fingerprint density at radius 1 is 1.12 bits per heavy atom. The van der Waals surface area contributed by atoms with Crippen molar-refractivity contribution in [3.63, 3.8) is 0 Å². The highest BCUT2D eigenvalue weighted by Crippen LogP contribution is 2.38. The fourth-order valence-electron chi connectivity index (χ4n) is 3.97. The van der Waals surface area contributed by atoms with Crippen molar-refractivity contribution in [1.29, 1.82) is 0 Å². The molecule has 32 heavy (non-hydrogen) atoms. The van der Waals surface area contributed by atoms with Gasteiger partial charge in [-0.3, -0.25) is 0 Å². The summed E-state index contributed by atoms with van der Waals surface area (Å²) in [6, 6.07) is 11.3. The quantitative estimate of drug-likeness (QED) is 0.305. The van der Waals surface area contributed by atoms with Gasteiger partial charge in [-0.15, -0.1) is 0 Å². The van der Waals surface area contributed by atoms with E-state index in [2.05, 4.69) is 24.0 Å². The normalized spacial score (nSPS) is 28.2. The topological polar surface area (TPSA) is 135 Å². The van der Waals surface area contributed by atoms with Crippen molar-refractivity contribution in [3.05, 3.63) is 64.3 Å². The Hall–Kier alpha value is -2.17. The smallest absolute Gasteiger partial charge is 0.288 e. The first-order valence-electron chi connectivity index (χ1n) is 10.4. The number of aromatic amines is 1. The fraction of sp³-hybridized carbons (Fsp3) is 0.391. The van der Waals surface area contributed by atoms with Gasteiger partial charge in [-0.2, -0.15) is 0 Å². The van der Waals surface area contributed by atoms with Gasteiger partial charge >= 0.3 is 0 Å². The van der Waals surface area contributed by atoms with Crippen LogP contribution in [0.25, 0.3) is 10.9 Å². The summed E-state index contributed by atoms with van der Waals surface area (Å²) >= 11 is 6.22. The molecule has 5 atom stereocenters. The van der Waals surface area contributed by atoms with Crippen molar-refractivity contribution in [3.8, 4) is 5.75 Å². The van der Waals surface area contributed by atoms with E-state index in [4.69, 9.17) is 21.1 Å². The zero-order valence-electron chi connectivity index (χ0n) is 17.4. The first-order chi connectivity index (χ1) is 15.3. The van der Waals surface area contributed by atoms with E-state index in [0.29, 0.717) is 22.3 Å². The summed E-state index contributed by atoms with van der Waals surface area (Å²) in [5.41, 5.74) is 3.76. The summed E-state index contributed by atoms with van der Waals surface area (Å²) in [5, 5.41) is 52.0. The molecular weight excluding hydrogens is 438 g/mol. The van der Waals surface area contributed by atoms with Crippen LogP contribution in [0.2, 0.25) is 5.02 Å². The summed E-state index contributed by atoms with van der Waals surface area (Å²) in [4.78, 5) is 3.12. The molecule has 0 saturated carbocycles. The lowest BCUT2D eigenvalue weighted by Gasteiger charge is -2.45. The Balaban J connectivity index is 1.71. The highest BCUT2D eigenvalue weighted by atomic mass is 35.5. The lowest BCUT2D eigenvalue weighted by atomic mass is 9.95. The van der Waals surface area contributed by atoms with Crippen molar-refractivity contribution in [1.82, 2.24) is 4.98 Å². The summed E-state index contributed by atoms with van der Waals surface area (Å²) in [6.45, 7) is 1.43. The minimum Gasteiger partial charge on any atom is -0.453 e. The van der Waals surface area contributed by atoms with Crippen LogP contribution in [0.5, 0.6) is 5.75 Å². The van der Waals surface area contributed by atoms with Crippen LogP contribution in [0.3, 0.4) is 0 Å². The molecule has 0 radical (unpaired) electrons. The molecule has 1 aliphatic heterocycles. The number of H-pyrrole nitrogens is 1. The van der Waals surface area contributed by atoms with Gasteiger partial charge in [0.05, 0.1) is 12.1 Å². The maximum atomic E-state index is 10.9. The molecule has 1 aromatic heterocycles. The Bertz CT molecular complexity index is 1090.